The van der Waals surface area contributed by atoms with Crippen LogP contribution in [0.5, 0.6) is 0 Å². The molecular formula is C11H20N2O4S. The topological polar surface area (TPSA) is 75.7 Å². The normalized spacial score (nSPS) is 17.3. The van der Waals surface area contributed by atoms with E-state index in [1.165, 1.54) is 4.31 Å². The Hall–Kier alpha value is -0.920. The number of sulfonamides is 1. The minimum absolute atomic E-state index is 0.00314. The standard InChI is InChI=1S/C11H20N2O4S/c1-2-3-5-12-11(14)4-10-18(15,16)13-6-8-17-9-7-13/h2H,1,3-10H2,(H,12,14). The number of nitrogens with one attached hydrogen (secondary N) is 1. The van der Waals surface area contributed by atoms with Crippen LogP contribution in [0.15, 0.2) is 12.7 Å². The van der Waals surface area contributed by atoms with Crippen LogP contribution in [-0.4, -0.2) is 57.2 Å². The SMILES string of the molecule is C=CCCNC(=O)CCS(=O)(=O)N1CCOCC1. The lowest BCUT2D eigenvalue weighted by Crippen LogP contribution is -2.42. The molecule has 0 aliphatic carbocycles. The molecule has 18 heavy (non-hydrogen) atoms. The Bertz CT molecular complexity index is 375. The van der Waals surface area contributed by atoms with Gasteiger partial charge in [-0.25, -0.2) is 8.42 Å². The summed E-state index contributed by atoms with van der Waals surface area (Å²) in [6.07, 6.45) is 2.38. The highest BCUT2D eigenvalue weighted by molar-refractivity contribution is 7.89. The molecule has 1 rings (SSSR count). The third kappa shape index (κ3) is 5.16. The molecule has 6 nitrogen and oxygen atoms in total. The van der Waals surface area contributed by atoms with Crippen LogP contribution >= 0.6 is 0 Å². The second-order valence-corrected chi connectivity index (χ2v) is 6.09. The highest BCUT2D eigenvalue weighted by Gasteiger charge is 2.24. The van der Waals surface area contributed by atoms with Gasteiger partial charge in [0.2, 0.25) is 15.9 Å². The Kier molecular flexibility index (Phi) is 6.31. The number of hydrogen-bond acceptors (Lipinski definition) is 4. The second-order valence-electron chi connectivity index (χ2n) is 4.00. The third-order valence-corrected chi connectivity index (χ3v) is 4.49. The smallest absolute Gasteiger partial charge is 0.221 e. The fourth-order valence-electron chi connectivity index (χ4n) is 1.58. The first kappa shape index (κ1) is 15.1. The van der Waals surface area contributed by atoms with Crippen molar-refractivity contribution >= 4 is 15.9 Å². The van der Waals surface area contributed by atoms with E-state index in [2.05, 4.69) is 11.9 Å². The predicted molar refractivity (Wildman–Crippen MR) is 68.6 cm³/mol. The van der Waals surface area contributed by atoms with Gasteiger partial charge in [-0.3, -0.25) is 4.79 Å². The average molecular weight is 276 g/mol. The lowest BCUT2D eigenvalue weighted by molar-refractivity contribution is -0.120. The number of nitrogens with zero attached hydrogens (tertiary/aromatic N) is 1. The van der Waals surface area contributed by atoms with Crippen LogP contribution in [0, 0.1) is 0 Å². The molecule has 0 spiro atoms. The van der Waals surface area contributed by atoms with Gasteiger partial charge in [-0.05, 0) is 6.42 Å². The van der Waals surface area contributed by atoms with Crippen LogP contribution in [0.3, 0.4) is 0 Å². The zero-order valence-corrected chi connectivity index (χ0v) is 11.2. The first-order chi connectivity index (χ1) is 8.56. The Morgan fingerprint density at radius 3 is 2.67 bits per heavy atom. The van der Waals surface area contributed by atoms with E-state index >= 15 is 0 Å². The predicted octanol–water partition coefficient (Wildman–Crippen LogP) is -0.269. The van der Waals surface area contributed by atoms with E-state index in [9.17, 15) is 13.2 Å². The maximum absolute atomic E-state index is 11.9. The molecular weight excluding hydrogens is 256 g/mol. The molecule has 0 unspecified atom stereocenters. The van der Waals surface area contributed by atoms with Crippen LogP contribution in [0.2, 0.25) is 0 Å². The van der Waals surface area contributed by atoms with E-state index in [4.69, 9.17) is 4.74 Å². The molecule has 1 aliphatic rings. The van der Waals surface area contributed by atoms with Gasteiger partial charge >= 0.3 is 0 Å². The van der Waals surface area contributed by atoms with Gasteiger partial charge in [-0.1, -0.05) is 6.08 Å². The molecule has 7 heteroatoms. The summed E-state index contributed by atoms with van der Waals surface area (Å²) < 4.78 is 30.3. The molecule has 0 saturated carbocycles. The molecule has 0 aromatic carbocycles. The van der Waals surface area contributed by atoms with Crippen molar-refractivity contribution in [2.75, 3.05) is 38.6 Å². The molecule has 1 saturated heterocycles. The molecule has 1 fully saturated rings. The number of morpholine rings is 1. The molecule has 1 heterocycles. The summed E-state index contributed by atoms with van der Waals surface area (Å²) in [6.45, 7) is 5.63. The minimum Gasteiger partial charge on any atom is -0.379 e. The van der Waals surface area contributed by atoms with Gasteiger partial charge in [0.1, 0.15) is 0 Å². The lowest BCUT2D eigenvalue weighted by Gasteiger charge is -2.25. The molecule has 104 valence electrons. The van der Waals surface area contributed by atoms with Gasteiger partial charge in [0.05, 0.1) is 19.0 Å². The fraction of sp³-hybridized carbons (Fsp3) is 0.727. The number of ether oxygens (including phenoxy) is 1. The van der Waals surface area contributed by atoms with Gasteiger partial charge in [0.25, 0.3) is 0 Å². The van der Waals surface area contributed by atoms with E-state index in [0.717, 1.165) is 0 Å². The molecule has 0 atom stereocenters. The number of rotatable bonds is 7. The van der Waals surface area contributed by atoms with Crippen LogP contribution in [0.4, 0.5) is 0 Å². The van der Waals surface area contributed by atoms with Gasteiger partial charge < -0.3 is 10.1 Å². The summed E-state index contributed by atoms with van der Waals surface area (Å²) >= 11 is 0. The molecule has 1 N–H and O–H groups in total. The molecule has 1 amide bonds. The zero-order valence-electron chi connectivity index (χ0n) is 10.4. The van der Waals surface area contributed by atoms with E-state index in [-0.39, 0.29) is 18.1 Å². The summed E-state index contributed by atoms with van der Waals surface area (Å²) in [4.78, 5) is 11.4. The lowest BCUT2D eigenvalue weighted by atomic mass is 10.4. The van der Waals surface area contributed by atoms with Crippen molar-refractivity contribution in [3.63, 3.8) is 0 Å². The van der Waals surface area contributed by atoms with E-state index in [1.54, 1.807) is 6.08 Å². The molecule has 0 radical (unpaired) electrons. The first-order valence-corrected chi connectivity index (χ1v) is 7.60. The number of amides is 1. The van der Waals surface area contributed by atoms with Crippen molar-refractivity contribution < 1.29 is 17.9 Å². The molecule has 0 aromatic rings. The maximum atomic E-state index is 11.9. The van der Waals surface area contributed by atoms with Gasteiger partial charge in [0.15, 0.2) is 0 Å². The average Bonchev–Trinajstić information content (AvgIpc) is 2.38. The van der Waals surface area contributed by atoms with Crippen molar-refractivity contribution in [1.82, 2.24) is 9.62 Å². The molecule has 1 aliphatic heterocycles. The van der Waals surface area contributed by atoms with Gasteiger partial charge in [-0.2, -0.15) is 4.31 Å². The maximum Gasteiger partial charge on any atom is 0.221 e. The summed E-state index contributed by atoms with van der Waals surface area (Å²) in [6, 6.07) is 0. The first-order valence-electron chi connectivity index (χ1n) is 5.99. The molecule has 0 bridgehead atoms. The molecule has 0 aromatic heterocycles. The number of carbonyl (C=O) groups is 1. The van der Waals surface area contributed by atoms with Crippen LogP contribution in [-0.2, 0) is 19.6 Å². The van der Waals surface area contributed by atoms with E-state index in [0.29, 0.717) is 39.3 Å². The fourth-order valence-corrected chi connectivity index (χ4v) is 2.98. The van der Waals surface area contributed by atoms with Crippen LogP contribution in [0.25, 0.3) is 0 Å². The minimum atomic E-state index is -3.34. The summed E-state index contributed by atoms with van der Waals surface area (Å²) in [5, 5.41) is 2.64. The van der Waals surface area contributed by atoms with Crippen molar-refractivity contribution in [1.29, 1.82) is 0 Å². The van der Waals surface area contributed by atoms with Crippen LogP contribution < -0.4 is 5.32 Å². The quantitative estimate of drug-likeness (QED) is 0.513. The third-order valence-electron chi connectivity index (χ3n) is 2.62. The van der Waals surface area contributed by atoms with E-state index in [1.807, 2.05) is 0 Å². The van der Waals surface area contributed by atoms with Gasteiger partial charge in [-0.15, -0.1) is 6.58 Å². The van der Waals surface area contributed by atoms with E-state index < -0.39 is 10.0 Å². The Morgan fingerprint density at radius 2 is 2.06 bits per heavy atom. The monoisotopic (exact) mass is 276 g/mol. The van der Waals surface area contributed by atoms with Crippen molar-refractivity contribution in [3.8, 4) is 0 Å². The Morgan fingerprint density at radius 1 is 1.39 bits per heavy atom. The van der Waals surface area contributed by atoms with Crippen molar-refractivity contribution in [2.45, 2.75) is 12.8 Å². The highest BCUT2D eigenvalue weighted by Crippen LogP contribution is 2.06. The summed E-state index contributed by atoms with van der Waals surface area (Å²) in [7, 11) is -3.34. The summed E-state index contributed by atoms with van der Waals surface area (Å²) in [5.41, 5.74) is 0. The van der Waals surface area contributed by atoms with Crippen LogP contribution in [0.1, 0.15) is 12.8 Å². The van der Waals surface area contributed by atoms with Gasteiger partial charge in [0, 0.05) is 26.1 Å². The van der Waals surface area contributed by atoms with Crippen molar-refractivity contribution in [3.05, 3.63) is 12.7 Å². The zero-order chi connectivity index (χ0) is 13.4. The second kappa shape index (κ2) is 7.50. The number of hydrogen-bond donors (Lipinski definition) is 1. The Labute approximate surface area is 108 Å². The van der Waals surface area contributed by atoms with Crippen molar-refractivity contribution in [2.24, 2.45) is 0 Å². The highest BCUT2D eigenvalue weighted by atomic mass is 32.2. The summed E-state index contributed by atoms with van der Waals surface area (Å²) in [5.74, 6) is -0.388. The largest absolute Gasteiger partial charge is 0.379 e. The number of carbonyl (C=O) groups excluding carboxylic acids is 1. The Balaban J connectivity index is 2.31.